The van der Waals surface area contributed by atoms with Crippen LogP contribution >= 0.6 is 0 Å². The van der Waals surface area contributed by atoms with Gasteiger partial charge in [0, 0.05) is 5.69 Å². The van der Waals surface area contributed by atoms with Crippen LogP contribution < -0.4 is 5.32 Å². The minimum absolute atomic E-state index is 0.00673. The second kappa shape index (κ2) is 7.37. The Labute approximate surface area is 171 Å². The van der Waals surface area contributed by atoms with Gasteiger partial charge in [-0.05, 0) is 43.7 Å². The highest BCUT2D eigenvalue weighted by Crippen LogP contribution is 2.32. The lowest BCUT2D eigenvalue weighted by Gasteiger charge is -2.25. The molecule has 3 aromatic rings. The van der Waals surface area contributed by atoms with E-state index in [0.29, 0.717) is 11.3 Å². The molecule has 0 saturated heterocycles. The fraction of sp³-hybridized carbons (Fsp3) is 0.174. The van der Waals surface area contributed by atoms with Gasteiger partial charge in [0.05, 0.1) is 23.0 Å². The molecular weight excluding hydrogens is 384 g/mol. The van der Waals surface area contributed by atoms with Crippen molar-refractivity contribution in [2.24, 2.45) is 0 Å². The molecule has 1 N–H and O–H groups in total. The van der Waals surface area contributed by atoms with Crippen molar-refractivity contribution < 1.29 is 13.2 Å². The van der Waals surface area contributed by atoms with Crippen LogP contribution in [-0.2, 0) is 10.0 Å². The van der Waals surface area contributed by atoms with Gasteiger partial charge in [0.1, 0.15) is 0 Å². The number of nitrogens with one attached hydrogen (secondary N) is 1. The molecule has 0 radical (unpaired) electrons. The van der Waals surface area contributed by atoms with E-state index < -0.39 is 15.9 Å². The van der Waals surface area contributed by atoms with Crippen molar-refractivity contribution in [2.75, 3.05) is 11.9 Å². The van der Waals surface area contributed by atoms with E-state index in [0.717, 1.165) is 21.0 Å². The lowest BCUT2D eigenvalue weighted by Crippen LogP contribution is -2.39. The van der Waals surface area contributed by atoms with E-state index in [1.807, 2.05) is 44.2 Å². The Bertz CT molecular complexity index is 1150. The van der Waals surface area contributed by atoms with Gasteiger partial charge in [-0.2, -0.15) is 0 Å². The first-order chi connectivity index (χ1) is 13.9. The predicted molar refractivity (Wildman–Crippen MR) is 113 cm³/mol. The number of amides is 1. The molecule has 1 unspecified atom stereocenters. The van der Waals surface area contributed by atoms with Crippen LogP contribution in [-0.4, -0.2) is 25.2 Å². The van der Waals surface area contributed by atoms with Crippen LogP contribution in [0.1, 0.15) is 33.1 Å². The first kappa shape index (κ1) is 19.2. The predicted octanol–water partition coefficient (Wildman–Crippen LogP) is 4.30. The van der Waals surface area contributed by atoms with Gasteiger partial charge in [-0.25, -0.2) is 12.7 Å². The van der Waals surface area contributed by atoms with Crippen molar-refractivity contribution in [3.63, 3.8) is 0 Å². The summed E-state index contributed by atoms with van der Waals surface area (Å²) in [6.45, 7) is 3.89. The maximum Gasteiger partial charge on any atom is 0.269 e. The number of carbonyl (C=O) groups excluding carboxylic acids is 1. The molecule has 29 heavy (non-hydrogen) atoms. The molecule has 1 heterocycles. The summed E-state index contributed by atoms with van der Waals surface area (Å²) in [5.41, 5.74) is 3.96. The number of anilines is 1. The monoisotopic (exact) mass is 406 g/mol. The third-order valence-corrected chi connectivity index (χ3v) is 6.91. The highest BCUT2D eigenvalue weighted by atomic mass is 32.2. The zero-order valence-corrected chi connectivity index (χ0v) is 17.1. The lowest BCUT2D eigenvalue weighted by atomic mass is 10.0. The van der Waals surface area contributed by atoms with Crippen molar-refractivity contribution in [1.29, 1.82) is 0 Å². The van der Waals surface area contributed by atoms with Crippen LogP contribution in [0.3, 0.4) is 0 Å². The Morgan fingerprint density at radius 1 is 0.862 bits per heavy atom. The van der Waals surface area contributed by atoms with E-state index in [-0.39, 0.29) is 17.5 Å². The minimum atomic E-state index is -4.00. The minimum Gasteiger partial charge on any atom is -0.376 e. The Kier molecular flexibility index (Phi) is 4.88. The van der Waals surface area contributed by atoms with Crippen molar-refractivity contribution in [3.8, 4) is 0 Å². The van der Waals surface area contributed by atoms with Crippen molar-refractivity contribution in [3.05, 3.63) is 95.1 Å². The molecule has 0 spiro atoms. The van der Waals surface area contributed by atoms with Gasteiger partial charge < -0.3 is 5.32 Å². The fourth-order valence-electron chi connectivity index (χ4n) is 3.44. The van der Waals surface area contributed by atoms with Crippen molar-refractivity contribution >= 4 is 21.6 Å². The zero-order valence-electron chi connectivity index (χ0n) is 16.3. The summed E-state index contributed by atoms with van der Waals surface area (Å²) in [6.07, 6.45) is 0. The Morgan fingerprint density at radius 3 is 2.10 bits per heavy atom. The van der Waals surface area contributed by atoms with E-state index in [2.05, 4.69) is 5.32 Å². The third kappa shape index (κ3) is 3.63. The molecule has 0 aromatic heterocycles. The average molecular weight is 407 g/mol. The molecule has 1 aliphatic heterocycles. The molecule has 5 nitrogen and oxygen atoms in total. The molecule has 0 bridgehead atoms. The van der Waals surface area contributed by atoms with Gasteiger partial charge in [-0.3, -0.25) is 4.79 Å². The van der Waals surface area contributed by atoms with E-state index in [1.54, 1.807) is 42.5 Å². The summed E-state index contributed by atoms with van der Waals surface area (Å²) in [6, 6.07) is 21.1. The number of hydrogen-bond acceptors (Lipinski definition) is 4. The van der Waals surface area contributed by atoms with Crippen LogP contribution in [0, 0.1) is 13.8 Å². The summed E-state index contributed by atoms with van der Waals surface area (Å²) in [5, 5.41) is 3.36. The number of para-hydroxylation sites is 1. The number of benzene rings is 3. The van der Waals surface area contributed by atoms with E-state index >= 15 is 0 Å². The fourth-order valence-corrected chi connectivity index (χ4v) is 4.84. The molecule has 0 fully saturated rings. The maximum absolute atomic E-state index is 13.4. The molecule has 1 atom stereocenters. The molecule has 1 amide bonds. The first-order valence-corrected chi connectivity index (χ1v) is 10.9. The summed E-state index contributed by atoms with van der Waals surface area (Å²) >= 11 is 0. The number of sulfonamides is 1. The Balaban J connectivity index is 1.82. The molecule has 0 aliphatic carbocycles. The highest BCUT2D eigenvalue weighted by Gasteiger charge is 2.36. The van der Waals surface area contributed by atoms with E-state index in [1.165, 1.54) is 0 Å². The molecule has 0 saturated carbocycles. The second-order valence-electron chi connectivity index (χ2n) is 7.31. The lowest BCUT2D eigenvalue weighted by molar-refractivity contribution is 0.0863. The third-order valence-electron chi connectivity index (χ3n) is 5.15. The van der Waals surface area contributed by atoms with Gasteiger partial charge in [-0.1, -0.05) is 59.7 Å². The smallest absolute Gasteiger partial charge is 0.269 e. The highest BCUT2D eigenvalue weighted by molar-refractivity contribution is 7.89. The second-order valence-corrected chi connectivity index (χ2v) is 9.17. The molecular formula is C23H22N2O3S. The molecule has 6 heteroatoms. The van der Waals surface area contributed by atoms with Gasteiger partial charge in [-0.15, -0.1) is 0 Å². The maximum atomic E-state index is 13.4. The molecule has 1 aliphatic rings. The first-order valence-electron chi connectivity index (χ1n) is 9.42. The van der Waals surface area contributed by atoms with Crippen molar-refractivity contribution in [2.45, 2.75) is 24.8 Å². The summed E-state index contributed by atoms with van der Waals surface area (Å²) < 4.78 is 27.7. The van der Waals surface area contributed by atoms with E-state index in [9.17, 15) is 13.2 Å². The molecule has 3 aromatic carbocycles. The van der Waals surface area contributed by atoms with Gasteiger partial charge in [0.2, 0.25) is 0 Å². The Morgan fingerprint density at radius 2 is 1.45 bits per heavy atom. The number of nitrogens with zero attached hydrogens (tertiary/aromatic N) is 1. The number of rotatable bonds is 3. The number of carbonyl (C=O) groups is 1. The topological polar surface area (TPSA) is 66.5 Å². The summed E-state index contributed by atoms with van der Waals surface area (Å²) in [4.78, 5) is 13.4. The van der Waals surface area contributed by atoms with Crippen LogP contribution in [0.5, 0.6) is 0 Å². The van der Waals surface area contributed by atoms with Crippen molar-refractivity contribution in [1.82, 2.24) is 4.31 Å². The number of fused-ring (bicyclic) bond motifs is 1. The molecule has 4 rings (SSSR count). The molecule has 148 valence electrons. The summed E-state index contributed by atoms with van der Waals surface area (Å²) in [7, 11) is -4.00. The van der Waals surface area contributed by atoms with Crippen LogP contribution in [0.4, 0.5) is 5.69 Å². The van der Waals surface area contributed by atoms with Gasteiger partial charge in [0.25, 0.3) is 15.9 Å². The standard InChI is InChI=1S/C23H22N2O3S/c1-16-7-11-18(12-8-16)22-15-25(23(26)20-5-3-4-6-21(20)24-22)29(27,28)19-13-9-17(2)10-14-19/h3-14,22,24H,15H2,1-2H3. The zero-order chi connectivity index (χ0) is 20.6. The van der Waals surface area contributed by atoms with Crippen LogP contribution in [0.25, 0.3) is 0 Å². The number of hydrogen-bond donors (Lipinski definition) is 1. The number of aryl methyl sites for hydroxylation is 2. The van der Waals surface area contributed by atoms with Gasteiger partial charge in [0.15, 0.2) is 0 Å². The average Bonchev–Trinajstić information content (AvgIpc) is 2.86. The van der Waals surface area contributed by atoms with E-state index in [4.69, 9.17) is 0 Å². The van der Waals surface area contributed by atoms with Gasteiger partial charge >= 0.3 is 0 Å². The normalized spacial score (nSPS) is 16.7. The van der Waals surface area contributed by atoms with Crippen LogP contribution in [0.15, 0.2) is 77.7 Å². The summed E-state index contributed by atoms with van der Waals surface area (Å²) in [5.74, 6) is -0.525. The largest absolute Gasteiger partial charge is 0.376 e. The van der Waals surface area contributed by atoms with Crippen LogP contribution in [0.2, 0.25) is 0 Å². The Hall–Kier alpha value is -3.12. The quantitative estimate of drug-likeness (QED) is 0.704. The SMILES string of the molecule is Cc1ccc(C2CN(S(=O)(=O)c3ccc(C)cc3)C(=O)c3ccccc3N2)cc1.